The minimum atomic E-state index is -4.71. The predicted molar refractivity (Wildman–Crippen MR) is 96.0 cm³/mol. The highest BCUT2D eigenvalue weighted by Crippen LogP contribution is 2.29. The molecule has 0 radical (unpaired) electrons. The number of amides is 1. The van der Waals surface area contributed by atoms with Gasteiger partial charge in [-0.05, 0) is 34.7 Å². The number of carbonyl (C=O) groups excluding carboxylic acids is 1. The average Bonchev–Trinajstić information content (AvgIpc) is 3.12. The summed E-state index contributed by atoms with van der Waals surface area (Å²) < 4.78 is 45.7. The molecule has 1 aromatic carbocycles. The van der Waals surface area contributed by atoms with Crippen LogP contribution in [0.1, 0.15) is 9.67 Å². The largest absolute Gasteiger partial charge is 0.573 e. The molecule has 0 unspecified atom stereocenters. The fourth-order valence-corrected chi connectivity index (χ4v) is 3.53. The molecule has 2 heterocycles. The third kappa shape index (κ3) is 5.95. The number of morpholine rings is 1. The number of rotatable bonds is 6. The Bertz CT molecular complexity index is 756. The van der Waals surface area contributed by atoms with Crippen LogP contribution in [-0.2, 0) is 4.74 Å². The molecule has 0 spiro atoms. The molecule has 2 aromatic rings. The van der Waals surface area contributed by atoms with E-state index in [1.165, 1.54) is 35.6 Å². The summed E-state index contributed by atoms with van der Waals surface area (Å²) in [6, 6.07) is 7.30. The fraction of sp³-hybridized carbons (Fsp3) is 0.389. The number of carbonyl (C=O) groups is 1. The first-order valence-corrected chi connectivity index (χ1v) is 9.32. The average molecular weight is 400 g/mol. The Balaban J connectivity index is 1.53. The van der Waals surface area contributed by atoms with Crippen LogP contribution in [0.15, 0.2) is 35.7 Å². The quantitative estimate of drug-likeness (QED) is 0.808. The minimum Gasteiger partial charge on any atom is -0.406 e. The summed E-state index contributed by atoms with van der Waals surface area (Å²) in [5.41, 5.74) is 1.49. The topological polar surface area (TPSA) is 50.8 Å². The van der Waals surface area contributed by atoms with Crippen LogP contribution < -0.4 is 10.1 Å². The molecule has 1 aliphatic rings. The molecule has 1 amide bonds. The number of hydrogen-bond acceptors (Lipinski definition) is 5. The van der Waals surface area contributed by atoms with Gasteiger partial charge >= 0.3 is 6.36 Å². The van der Waals surface area contributed by atoms with E-state index < -0.39 is 6.36 Å². The Labute approximate surface area is 158 Å². The third-order valence-electron chi connectivity index (χ3n) is 4.06. The van der Waals surface area contributed by atoms with Crippen molar-refractivity contribution in [2.45, 2.75) is 6.36 Å². The van der Waals surface area contributed by atoms with E-state index in [-0.39, 0.29) is 11.7 Å². The second kappa shape index (κ2) is 8.73. The molecule has 1 N–H and O–H groups in total. The highest BCUT2D eigenvalue weighted by molar-refractivity contribution is 7.12. The van der Waals surface area contributed by atoms with Crippen molar-refractivity contribution in [2.24, 2.45) is 0 Å². The monoisotopic (exact) mass is 400 g/mol. The summed E-state index contributed by atoms with van der Waals surface area (Å²) in [5, 5.41) is 4.69. The van der Waals surface area contributed by atoms with Crippen LogP contribution in [0, 0.1) is 0 Å². The van der Waals surface area contributed by atoms with Crippen LogP contribution in [0.25, 0.3) is 11.1 Å². The van der Waals surface area contributed by atoms with Gasteiger partial charge in [0, 0.05) is 26.2 Å². The molecule has 0 atom stereocenters. The summed E-state index contributed by atoms with van der Waals surface area (Å²) in [7, 11) is 0. The van der Waals surface area contributed by atoms with Crippen LogP contribution in [-0.4, -0.2) is 56.6 Å². The standard InChI is InChI=1S/C18H19F3N2O3S/c19-18(20,21)26-15-3-1-13(2-4-15)14-11-16(27-12-14)17(24)22-5-6-23-7-9-25-10-8-23/h1-4,11-12H,5-10H2,(H,22,24). The van der Waals surface area contributed by atoms with Gasteiger partial charge in [-0.2, -0.15) is 0 Å². The number of alkyl halides is 3. The smallest absolute Gasteiger partial charge is 0.406 e. The second-order valence-corrected chi connectivity index (χ2v) is 6.89. The Morgan fingerprint density at radius 3 is 2.56 bits per heavy atom. The first kappa shape index (κ1) is 19.7. The van der Waals surface area contributed by atoms with Crippen molar-refractivity contribution in [3.8, 4) is 16.9 Å². The van der Waals surface area contributed by atoms with Crippen molar-refractivity contribution in [3.05, 3.63) is 40.6 Å². The van der Waals surface area contributed by atoms with E-state index in [0.717, 1.165) is 38.4 Å². The molecule has 1 aliphatic heterocycles. The summed E-state index contributed by atoms with van der Waals surface area (Å²) in [6.07, 6.45) is -4.71. The summed E-state index contributed by atoms with van der Waals surface area (Å²) in [5.74, 6) is -0.431. The zero-order valence-corrected chi connectivity index (χ0v) is 15.2. The van der Waals surface area contributed by atoms with Crippen molar-refractivity contribution >= 4 is 17.2 Å². The molecule has 0 aliphatic carbocycles. The Hall–Kier alpha value is -2.10. The molecular weight excluding hydrogens is 381 g/mol. The molecule has 1 fully saturated rings. The maximum absolute atomic E-state index is 12.3. The van der Waals surface area contributed by atoms with Gasteiger partial charge in [0.15, 0.2) is 0 Å². The Kier molecular flexibility index (Phi) is 6.35. The van der Waals surface area contributed by atoms with Crippen LogP contribution in [0.4, 0.5) is 13.2 Å². The minimum absolute atomic E-state index is 0.156. The van der Waals surface area contributed by atoms with Crippen LogP contribution in [0.3, 0.4) is 0 Å². The van der Waals surface area contributed by atoms with E-state index in [4.69, 9.17) is 4.74 Å². The van der Waals surface area contributed by atoms with Gasteiger partial charge in [-0.25, -0.2) is 0 Å². The maximum atomic E-state index is 12.3. The Morgan fingerprint density at radius 1 is 1.19 bits per heavy atom. The number of nitrogens with zero attached hydrogens (tertiary/aromatic N) is 1. The maximum Gasteiger partial charge on any atom is 0.573 e. The predicted octanol–water partition coefficient (Wildman–Crippen LogP) is 3.38. The fourth-order valence-electron chi connectivity index (χ4n) is 2.70. The van der Waals surface area contributed by atoms with Crippen molar-refractivity contribution in [1.82, 2.24) is 10.2 Å². The van der Waals surface area contributed by atoms with Crippen molar-refractivity contribution in [1.29, 1.82) is 0 Å². The lowest BCUT2D eigenvalue weighted by Crippen LogP contribution is -2.41. The zero-order chi connectivity index (χ0) is 19.3. The second-order valence-electron chi connectivity index (χ2n) is 5.98. The number of thiophene rings is 1. The van der Waals surface area contributed by atoms with E-state index in [9.17, 15) is 18.0 Å². The SMILES string of the molecule is O=C(NCCN1CCOCC1)c1cc(-c2ccc(OC(F)(F)F)cc2)cs1. The van der Waals surface area contributed by atoms with Gasteiger partial charge in [-0.1, -0.05) is 12.1 Å². The molecule has 1 saturated heterocycles. The van der Waals surface area contributed by atoms with Gasteiger partial charge in [0.05, 0.1) is 18.1 Å². The van der Waals surface area contributed by atoms with E-state index in [0.29, 0.717) is 17.0 Å². The molecule has 5 nitrogen and oxygen atoms in total. The summed E-state index contributed by atoms with van der Waals surface area (Å²) in [6.45, 7) is 4.49. The molecule has 9 heteroatoms. The number of hydrogen-bond donors (Lipinski definition) is 1. The molecule has 3 rings (SSSR count). The third-order valence-corrected chi connectivity index (χ3v) is 4.99. The molecule has 0 saturated carbocycles. The summed E-state index contributed by atoms with van der Waals surface area (Å²) in [4.78, 5) is 15.0. The molecule has 0 bridgehead atoms. The van der Waals surface area contributed by atoms with E-state index >= 15 is 0 Å². The van der Waals surface area contributed by atoms with Gasteiger partial charge in [-0.3, -0.25) is 9.69 Å². The first-order valence-electron chi connectivity index (χ1n) is 8.44. The Morgan fingerprint density at radius 2 is 1.89 bits per heavy atom. The molecule has 146 valence electrons. The lowest BCUT2D eigenvalue weighted by molar-refractivity contribution is -0.274. The number of ether oxygens (including phenoxy) is 2. The van der Waals surface area contributed by atoms with Gasteiger partial charge in [0.2, 0.25) is 0 Å². The zero-order valence-electron chi connectivity index (χ0n) is 14.4. The lowest BCUT2D eigenvalue weighted by Gasteiger charge is -2.26. The normalized spacial score (nSPS) is 15.5. The lowest BCUT2D eigenvalue weighted by atomic mass is 10.1. The highest BCUT2D eigenvalue weighted by atomic mass is 32.1. The van der Waals surface area contributed by atoms with Crippen molar-refractivity contribution in [2.75, 3.05) is 39.4 Å². The van der Waals surface area contributed by atoms with Gasteiger partial charge in [0.1, 0.15) is 5.75 Å². The van der Waals surface area contributed by atoms with E-state index in [1.54, 1.807) is 11.4 Å². The van der Waals surface area contributed by atoms with Gasteiger partial charge in [0.25, 0.3) is 5.91 Å². The summed E-state index contributed by atoms with van der Waals surface area (Å²) >= 11 is 1.30. The van der Waals surface area contributed by atoms with Crippen LogP contribution in [0.5, 0.6) is 5.75 Å². The van der Waals surface area contributed by atoms with Crippen molar-refractivity contribution < 1.29 is 27.4 Å². The van der Waals surface area contributed by atoms with E-state index in [1.807, 2.05) is 0 Å². The number of benzene rings is 1. The first-order chi connectivity index (χ1) is 12.9. The van der Waals surface area contributed by atoms with Gasteiger partial charge < -0.3 is 14.8 Å². The number of nitrogens with one attached hydrogen (secondary N) is 1. The van der Waals surface area contributed by atoms with Crippen LogP contribution in [0.2, 0.25) is 0 Å². The number of halogens is 3. The van der Waals surface area contributed by atoms with Crippen molar-refractivity contribution in [3.63, 3.8) is 0 Å². The molecule has 27 heavy (non-hydrogen) atoms. The van der Waals surface area contributed by atoms with Gasteiger partial charge in [-0.15, -0.1) is 24.5 Å². The van der Waals surface area contributed by atoms with E-state index in [2.05, 4.69) is 15.0 Å². The van der Waals surface area contributed by atoms with Crippen LogP contribution >= 0.6 is 11.3 Å². The highest BCUT2D eigenvalue weighted by Gasteiger charge is 2.31. The molecular formula is C18H19F3N2O3S. The molecule has 1 aromatic heterocycles.